The number of fused-ring (bicyclic) bond motifs is 14. The first-order chi connectivity index (χ1) is 26.4. The van der Waals surface area contributed by atoms with Gasteiger partial charge in [0.05, 0.1) is 44.6 Å². The van der Waals surface area contributed by atoms with Gasteiger partial charge in [-0.3, -0.25) is 0 Å². The molecule has 254 valence electrons. The molecule has 0 amide bonds. The van der Waals surface area contributed by atoms with Crippen LogP contribution in [-0.2, 0) is 5.41 Å². The van der Waals surface area contributed by atoms with Gasteiger partial charge >= 0.3 is 0 Å². The van der Waals surface area contributed by atoms with Gasteiger partial charge in [-0.15, -0.1) is 22.7 Å². The van der Waals surface area contributed by atoms with Crippen LogP contribution in [0.1, 0.15) is 37.5 Å². The summed E-state index contributed by atoms with van der Waals surface area (Å²) in [6, 6.07) is 50.2. The molecule has 0 N–H and O–H groups in total. The van der Waals surface area contributed by atoms with Gasteiger partial charge in [0.1, 0.15) is 12.1 Å². The van der Waals surface area contributed by atoms with Crippen molar-refractivity contribution in [2.75, 3.05) is 0 Å². The molecular weight excluding hydrogens is 697 g/mol. The van der Waals surface area contributed by atoms with Gasteiger partial charge in [-0.1, -0.05) is 106 Å². The molecule has 0 spiro atoms. The van der Waals surface area contributed by atoms with Gasteiger partial charge in [-0.05, 0) is 47.9 Å². The second-order valence-corrected chi connectivity index (χ2v) is 17.2. The Morgan fingerprint density at radius 2 is 0.870 bits per heavy atom. The van der Waals surface area contributed by atoms with Crippen LogP contribution in [-0.4, -0.2) is 9.13 Å². The maximum atomic E-state index is 11.0. The van der Waals surface area contributed by atoms with Gasteiger partial charge in [0, 0.05) is 67.5 Å². The van der Waals surface area contributed by atoms with Gasteiger partial charge < -0.3 is 9.13 Å². The zero-order valence-electron chi connectivity index (χ0n) is 29.7. The quantitative estimate of drug-likeness (QED) is 0.178. The van der Waals surface area contributed by atoms with E-state index >= 15 is 0 Å². The number of rotatable bonds is 2. The average molecular weight is 727 g/mol. The lowest BCUT2D eigenvalue weighted by Gasteiger charge is -2.30. The van der Waals surface area contributed by atoms with E-state index in [1.807, 2.05) is 28.7 Å². The molecule has 0 aliphatic rings. The van der Waals surface area contributed by atoms with E-state index in [2.05, 4.69) is 163 Å². The van der Waals surface area contributed by atoms with Gasteiger partial charge in [0.15, 0.2) is 0 Å². The largest absolute Gasteiger partial charge is 0.307 e. The maximum Gasteiger partial charge on any atom is 0.101 e. The van der Waals surface area contributed by atoms with E-state index in [9.17, 15) is 10.5 Å². The standard InChI is InChI=1S/C48H30N4S2/c1-48(2,3)43-44(51-35-16-8-4-14-33(35)41-37(51)22-20-31-29-12-6-10-18-39(29)53-46(31)41)27(25-49)24-28(26-50)45(43)52-36-17-9-5-15-34(36)42-38(52)23-21-32-30-13-7-11-19-40(30)54-47(32)42/h4-24H,1-3H3. The minimum Gasteiger partial charge on any atom is -0.307 e. The monoisotopic (exact) mass is 726 g/mol. The average Bonchev–Trinajstić information content (AvgIpc) is 3.94. The summed E-state index contributed by atoms with van der Waals surface area (Å²) in [7, 11) is 0. The Labute approximate surface area is 318 Å². The van der Waals surface area contributed by atoms with Crippen LogP contribution in [0.15, 0.2) is 127 Å². The Hall–Kier alpha value is -6.44. The number of hydrogen-bond donors (Lipinski definition) is 0. The number of hydrogen-bond acceptors (Lipinski definition) is 4. The van der Waals surface area contributed by atoms with Crippen molar-refractivity contribution in [1.82, 2.24) is 9.13 Å². The molecule has 0 radical (unpaired) electrons. The van der Waals surface area contributed by atoms with Gasteiger partial charge in [-0.25, -0.2) is 0 Å². The molecular formula is C48H30N4S2. The highest BCUT2D eigenvalue weighted by Gasteiger charge is 2.33. The molecule has 0 atom stereocenters. The van der Waals surface area contributed by atoms with E-state index in [-0.39, 0.29) is 0 Å². The summed E-state index contributed by atoms with van der Waals surface area (Å²) >= 11 is 3.64. The highest BCUT2D eigenvalue weighted by molar-refractivity contribution is 7.27. The normalized spacial score (nSPS) is 12.3. The van der Waals surface area contributed by atoms with Gasteiger partial charge in [0.25, 0.3) is 0 Å². The molecule has 0 saturated heterocycles. The van der Waals surface area contributed by atoms with E-state index in [0.717, 1.165) is 49.8 Å². The molecule has 7 aromatic carbocycles. The van der Waals surface area contributed by atoms with E-state index in [0.29, 0.717) is 11.1 Å². The molecule has 4 aromatic heterocycles. The summed E-state index contributed by atoms with van der Waals surface area (Å²) < 4.78 is 9.59. The third-order valence-electron chi connectivity index (χ3n) is 11.1. The minimum atomic E-state index is -0.484. The lowest BCUT2D eigenvalue weighted by molar-refractivity contribution is 0.584. The van der Waals surface area contributed by atoms with Crippen LogP contribution in [0.3, 0.4) is 0 Å². The zero-order valence-corrected chi connectivity index (χ0v) is 31.4. The van der Waals surface area contributed by atoms with Crippen molar-refractivity contribution in [3.05, 3.63) is 144 Å². The maximum absolute atomic E-state index is 11.0. The Morgan fingerprint density at radius 1 is 0.463 bits per heavy atom. The zero-order chi connectivity index (χ0) is 36.5. The molecule has 11 rings (SSSR count). The Bertz CT molecular complexity index is 3290. The van der Waals surface area contributed by atoms with Crippen molar-refractivity contribution < 1.29 is 0 Å². The minimum absolute atomic E-state index is 0.479. The number of benzene rings is 7. The molecule has 0 saturated carbocycles. The van der Waals surface area contributed by atoms with Gasteiger partial charge in [-0.2, -0.15) is 10.5 Å². The Balaban J connectivity index is 1.34. The van der Waals surface area contributed by atoms with Crippen LogP contribution in [0.5, 0.6) is 0 Å². The van der Waals surface area contributed by atoms with Crippen molar-refractivity contribution in [1.29, 1.82) is 10.5 Å². The van der Waals surface area contributed by atoms with Crippen LogP contribution in [0, 0.1) is 22.7 Å². The third kappa shape index (κ3) is 4.04. The topological polar surface area (TPSA) is 57.4 Å². The van der Waals surface area contributed by atoms with Crippen LogP contribution in [0.25, 0.3) is 95.3 Å². The second-order valence-electron chi connectivity index (χ2n) is 15.1. The summed E-state index contributed by atoms with van der Waals surface area (Å²) in [5.41, 5.74) is 7.22. The Kier molecular flexibility index (Phi) is 6.36. The smallest absolute Gasteiger partial charge is 0.101 e. The number of para-hydroxylation sites is 2. The third-order valence-corrected chi connectivity index (χ3v) is 13.5. The summed E-state index contributed by atoms with van der Waals surface area (Å²) in [5.74, 6) is 0. The number of thiophene rings is 2. The number of aromatic nitrogens is 2. The molecule has 0 aliphatic carbocycles. The molecule has 0 unspecified atom stereocenters. The lowest BCUT2D eigenvalue weighted by atomic mass is 9.81. The van der Waals surface area contributed by atoms with Crippen LogP contribution in [0.2, 0.25) is 0 Å². The van der Waals surface area contributed by atoms with E-state index in [4.69, 9.17) is 0 Å². The first-order valence-corrected chi connectivity index (χ1v) is 19.7. The van der Waals surface area contributed by atoms with Crippen LogP contribution < -0.4 is 0 Å². The molecule has 6 heteroatoms. The molecule has 0 aliphatic heterocycles. The van der Waals surface area contributed by atoms with Crippen molar-refractivity contribution in [3.63, 3.8) is 0 Å². The van der Waals surface area contributed by atoms with E-state index in [1.54, 1.807) is 0 Å². The highest BCUT2D eigenvalue weighted by Crippen LogP contribution is 2.49. The highest BCUT2D eigenvalue weighted by atomic mass is 32.1. The van der Waals surface area contributed by atoms with Crippen molar-refractivity contribution in [2.24, 2.45) is 0 Å². The van der Waals surface area contributed by atoms with Crippen molar-refractivity contribution >= 4 is 107 Å². The van der Waals surface area contributed by atoms with Crippen LogP contribution in [0.4, 0.5) is 0 Å². The fourth-order valence-electron chi connectivity index (χ4n) is 8.96. The van der Waals surface area contributed by atoms with E-state index < -0.39 is 5.41 Å². The lowest BCUT2D eigenvalue weighted by Crippen LogP contribution is -2.21. The Morgan fingerprint density at radius 3 is 1.30 bits per heavy atom. The molecule has 4 heterocycles. The fourth-order valence-corrected chi connectivity index (χ4v) is 11.5. The fraction of sp³-hybridized carbons (Fsp3) is 0.0833. The SMILES string of the molecule is CC(C)(C)c1c(-n2c3ccccc3c3c4sc5ccccc5c4ccc32)c(C#N)cc(C#N)c1-n1c2ccccc2c2c3sc4ccccc4c3ccc21. The summed E-state index contributed by atoms with van der Waals surface area (Å²) in [6.07, 6.45) is 0. The molecule has 54 heavy (non-hydrogen) atoms. The molecule has 0 bridgehead atoms. The summed E-state index contributed by atoms with van der Waals surface area (Å²) in [6.45, 7) is 6.61. The number of nitrogens with zero attached hydrogens (tertiary/aromatic N) is 4. The summed E-state index contributed by atoms with van der Waals surface area (Å²) in [5, 5.41) is 31.7. The first-order valence-electron chi connectivity index (χ1n) is 18.1. The molecule has 4 nitrogen and oxygen atoms in total. The number of nitriles is 2. The molecule has 11 aromatic rings. The molecule has 0 fully saturated rings. The second kappa shape index (κ2) is 11.0. The van der Waals surface area contributed by atoms with Crippen LogP contribution >= 0.6 is 22.7 Å². The predicted octanol–water partition coefficient (Wildman–Crippen LogP) is 13.7. The van der Waals surface area contributed by atoms with Crippen molar-refractivity contribution in [2.45, 2.75) is 26.2 Å². The summed E-state index contributed by atoms with van der Waals surface area (Å²) in [4.78, 5) is 0. The van der Waals surface area contributed by atoms with Gasteiger partial charge in [0.2, 0.25) is 0 Å². The van der Waals surface area contributed by atoms with Crippen molar-refractivity contribution in [3.8, 4) is 23.5 Å². The first kappa shape index (κ1) is 31.1. The predicted molar refractivity (Wildman–Crippen MR) is 229 cm³/mol. The van der Waals surface area contributed by atoms with E-state index in [1.165, 1.54) is 51.1 Å².